The van der Waals surface area contributed by atoms with Gasteiger partial charge in [-0.15, -0.1) is 0 Å². The average molecular weight is 584 g/mol. The van der Waals surface area contributed by atoms with Crippen LogP contribution in [0.2, 0.25) is 5.02 Å². The SMILES string of the molecule is CCCCNC(=O)[C@H](Cc1ccccc1)N(Cc1ccc(Cl)cc1)C(=O)CCc1ccc(S(=O)(=O)NCC)cc1. The lowest BCUT2D eigenvalue weighted by Crippen LogP contribution is -2.50. The first-order valence-corrected chi connectivity index (χ1v) is 15.5. The summed E-state index contributed by atoms with van der Waals surface area (Å²) in [6.07, 6.45) is 2.77. The number of carbonyl (C=O) groups is 2. The molecule has 0 radical (unpaired) electrons. The molecule has 3 aromatic rings. The summed E-state index contributed by atoms with van der Waals surface area (Å²) < 4.78 is 27.0. The first-order valence-electron chi connectivity index (χ1n) is 13.7. The molecule has 0 aliphatic rings. The van der Waals surface area contributed by atoms with E-state index in [4.69, 9.17) is 11.6 Å². The van der Waals surface area contributed by atoms with Gasteiger partial charge < -0.3 is 10.2 Å². The van der Waals surface area contributed by atoms with E-state index in [1.165, 1.54) is 0 Å². The fourth-order valence-electron chi connectivity index (χ4n) is 4.35. The highest BCUT2D eigenvalue weighted by Gasteiger charge is 2.30. The van der Waals surface area contributed by atoms with Gasteiger partial charge in [0, 0.05) is 37.5 Å². The van der Waals surface area contributed by atoms with Crippen LogP contribution in [0.15, 0.2) is 83.8 Å². The standard InChI is InChI=1S/C31H38ClN3O4S/c1-3-5-21-33-31(37)29(22-25-9-7-6-8-10-25)35(23-26-11-16-27(32)17-12-26)30(36)20-15-24-13-18-28(19-14-24)40(38,39)34-4-2/h6-14,16-19,29,34H,3-5,15,20-23H2,1-2H3,(H,33,37)/t29-/m0/s1. The lowest BCUT2D eigenvalue weighted by molar-refractivity contribution is -0.141. The van der Waals surface area contributed by atoms with Crippen molar-refractivity contribution < 1.29 is 18.0 Å². The summed E-state index contributed by atoms with van der Waals surface area (Å²) in [6.45, 7) is 4.90. The summed E-state index contributed by atoms with van der Waals surface area (Å²) in [4.78, 5) is 29.1. The van der Waals surface area contributed by atoms with Crippen LogP contribution < -0.4 is 10.0 Å². The van der Waals surface area contributed by atoms with E-state index in [1.807, 2.05) is 42.5 Å². The number of carbonyl (C=O) groups excluding carboxylic acids is 2. The Morgan fingerprint density at radius 2 is 1.52 bits per heavy atom. The Morgan fingerprint density at radius 3 is 2.15 bits per heavy atom. The highest BCUT2D eigenvalue weighted by Crippen LogP contribution is 2.19. The molecule has 7 nitrogen and oxygen atoms in total. The Bertz CT molecular complexity index is 1330. The van der Waals surface area contributed by atoms with Crippen LogP contribution in [0.5, 0.6) is 0 Å². The van der Waals surface area contributed by atoms with Gasteiger partial charge in [0.05, 0.1) is 4.90 Å². The van der Waals surface area contributed by atoms with Crippen molar-refractivity contribution in [1.82, 2.24) is 14.9 Å². The van der Waals surface area contributed by atoms with E-state index < -0.39 is 16.1 Å². The maximum Gasteiger partial charge on any atom is 0.243 e. The van der Waals surface area contributed by atoms with Crippen molar-refractivity contribution in [3.63, 3.8) is 0 Å². The van der Waals surface area contributed by atoms with E-state index in [9.17, 15) is 18.0 Å². The second kappa shape index (κ2) is 15.6. The number of hydrogen-bond donors (Lipinski definition) is 2. The molecule has 0 aromatic heterocycles. The van der Waals surface area contributed by atoms with Gasteiger partial charge in [-0.1, -0.05) is 86.5 Å². The molecular weight excluding hydrogens is 546 g/mol. The molecule has 9 heteroatoms. The second-order valence-corrected chi connectivity index (χ2v) is 11.8. The molecule has 2 N–H and O–H groups in total. The van der Waals surface area contributed by atoms with Crippen molar-refractivity contribution in [2.24, 2.45) is 0 Å². The van der Waals surface area contributed by atoms with Gasteiger partial charge in [0.15, 0.2) is 0 Å². The van der Waals surface area contributed by atoms with Gasteiger partial charge in [-0.25, -0.2) is 13.1 Å². The van der Waals surface area contributed by atoms with E-state index in [1.54, 1.807) is 48.2 Å². The number of rotatable bonds is 15. The quantitative estimate of drug-likeness (QED) is 0.243. The lowest BCUT2D eigenvalue weighted by Gasteiger charge is -2.31. The van der Waals surface area contributed by atoms with E-state index in [0.717, 1.165) is 29.5 Å². The highest BCUT2D eigenvalue weighted by molar-refractivity contribution is 7.89. The number of unbranched alkanes of at least 4 members (excludes halogenated alkanes) is 1. The van der Waals surface area contributed by atoms with Crippen LogP contribution in [0.4, 0.5) is 0 Å². The number of benzene rings is 3. The van der Waals surface area contributed by atoms with Gasteiger partial charge in [0.2, 0.25) is 21.8 Å². The third-order valence-electron chi connectivity index (χ3n) is 6.56. The van der Waals surface area contributed by atoms with Gasteiger partial charge in [-0.2, -0.15) is 0 Å². The minimum absolute atomic E-state index is 0.161. The molecule has 0 aliphatic carbocycles. The number of sulfonamides is 1. The third kappa shape index (κ3) is 9.47. The molecule has 1 atom stereocenters. The average Bonchev–Trinajstić information content (AvgIpc) is 2.95. The molecule has 0 spiro atoms. The van der Waals surface area contributed by atoms with Crippen molar-refractivity contribution in [1.29, 1.82) is 0 Å². The summed E-state index contributed by atoms with van der Waals surface area (Å²) in [5.41, 5.74) is 2.67. The smallest absolute Gasteiger partial charge is 0.243 e. The van der Waals surface area contributed by atoms with Crippen molar-refractivity contribution in [2.45, 2.75) is 63.4 Å². The lowest BCUT2D eigenvalue weighted by atomic mass is 10.0. The topological polar surface area (TPSA) is 95.6 Å². The molecule has 0 saturated heterocycles. The summed E-state index contributed by atoms with van der Waals surface area (Å²) in [5, 5.41) is 3.62. The van der Waals surface area contributed by atoms with Crippen molar-refractivity contribution in [3.8, 4) is 0 Å². The normalized spacial score (nSPS) is 12.1. The number of hydrogen-bond acceptors (Lipinski definition) is 4. The predicted octanol–water partition coefficient (Wildman–Crippen LogP) is 5.13. The highest BCUT2D eigenvalue weighted by atomic mass is 35.5. The van der Waals surface area contributed by atoms with Crippen molar-refractivity contribution in [3.05, 3.63) is 101 Å². The summed E-state index contributed by atoms with van der Waals surface area (Å²) in [6, 6.07) is 22.8. The number of amides is 2. The molecule has 0 unspecified atom stereocenters. The van der Waals surface area contributed by atoms with Crippen molar-refractivity contribution >= 4 is 33.4 Å². The van der Waals surface area contributed by atoms with Crippen LogP contribution in [-0.4, -0.2) is 44.3 Å². The number of aryl methyl sites for hydroxylation is 1. The van der Waals surface area contributed by atoms with Crippen LogP contribution in [0.1, 0.15) is 49.8 Å². The monoisotopic (exact) mass is 583 g/mol. The molecule has 0 bridgehead atoms. The van der Waals surface area contributed by atoms with E-state index in [-0.39, 0.29) is 29.7 Å². The second-order valence-electron chi connectivity index (χ2n) is 9.64. The first kappa shape index (κ1) is 31.3. The van der Waals surface area contributed by atoms with E-state index in [2.05, 4.69) is 17.0 Å². The summed E-state index contributed by atoms with van der Waals surface area (Å²) in [5.74, 6) is -0.344. The van der Waals surface area contributed by atoms with Gasteiger partial charge in [-0.05, 0) is 53.8 Å². The Balaban J connectivity index is 1.85. The third-order valence-corrected chi connectivity index (χ3v) is 8.38. The van der Waals surface area contributed by atoms with Crippen LogP contribution in [-0.2, 0) is 39.0 Å². The molecule has 2 amide bonds. The largest absolute Gasteiger partial charge is 0.354 e. The fourth-order valence-corrected chi connectivity index (χ4v) is 5.52. The zero-order valence-electron chi connectivity index (χ0n) is 23.1. The zero-order valence-corrected chi connectivity index (χ0v) is 24.7. The molecule has 214 valence electrons. The van der Waals surface area contributed by atoms with Gasteiger partial charge in [-0.3, -0.25) is 9.59 Å². The maximum absolute atomic E-state index is 13.8. The molecule has 0 fully saturated rings. The molecule has 0 saturated carbocycles. The van der Waals surface area contributed by atoms with E-state index >= 15 is 0 Å². The Kier molecular flexibility index (Phi) is 12.2. The van der Waals surface area contributed by atoms with E-state index in [0.29, 0.717) is 31.0 Å². The zero-order chi connectivity index (χ0) is 29.0. The molecule has 0 heterocycles. The molecular formula is C31H38ClN3O4S. The first-order chi connectivity index (χ1) is 19.2. The number of halogens is 1. The number of nitrogens with one attached hydrogen (secondary N) is 2. The number of nitrogens with zero attached hydrogens (tertiary/aromatic N) is 1. The summed E-state index contributed by atoms with van der Waals surface area (Å²) >= 11 is 6.09. The Morgan fingerprint density at radius 1 is 0.875 bits per heavy atom. The Hall–Kier alpha value is -3.20. The van der Waals surface area contributed by atoms with Crippen LogP contribution in [0, 0.1) is 0 Å². The van der Waals surface area contributed by atoms with Gasteiger partial charge >= 0.3 is 0 Å². The minimum atomic E-state index is -3.55. The molecule has 40 heavy (non-hydrogen) atoms. The molecule has 3 rings (SSSR count). The fraction of sp³-hybridized carbons (Fsp3) is 0.355. The van der Waals surface area contributed by atoms with Crippen LogP contribution in [0.25, 0.3) is 0 Å². The van der Waals surface area contributed by atoms with Crippen molar-refractivity contribution in [2.75, 3.05) is 13.1 Å². The minimum Gasteiger partial charge on any atom is -0.354 e. The van der Waals surface area contributed by atoms with Gasteiger partial charge in [0.1, 0.15) is 6.04 Å². The predicted molar refractivity (Wildman–Crippen MR) is 159 cm³/mol. The summed E-state index contributed by atoms with van der Waals surface area (Å²) in [7, 11) is -3.55. The maximum atomic E-state index is 13.8. The van der Waals surface area contributed by atoms with Gasteiger partial charge in [0.25, 0.3) is 0 Å². The molecule has 3 aromatic carbocycles. The molecule has 0 aliphatic heterocycles. The van der Waals surface area contributed by atoms with Crippen LogP contribution >= 0.6 is 11.6 Å². The Labute approximate surface area is 243 Å². The van der Waals surface area contributed by atoms with Crippen LogP contribution in [0.3, 0.4) is 0 Å².